The Labute approximate surface area is 517 Å². The molecule has 3 aliphatic rings. The van der Waals surface area contributed by atoms with Crippen molar-refractivity contribution in [3.8, 4) is 0 Å². The normalized spacial score (nSPS) is 20.7. The van der Waals surface area contributed by atoms with Crippen LogP contribution in [-0.2, 0) is 62.0 Å². The van der Waals surface area contributed by atoms with Crippen molar-refractivity contribution in [2.75, 3.05) is 41.5 Å². The Hall–Kier alpha value is -6.86. The lowest BCUT2D eigenvalue weighted by Crippen LogP contribution is -2.46. The predicted molar refractivity (Wildman–Crippen MR) is 302 cm³/mol. The number of ether oxygens (including phenoxy) is 5. The highest BCUT2D eigenvalue weighted by atomic mass is 32.2. The van der Waals surface area contributed by atoms with Crippen LogP contribution in [0.2, 0.25) is 0 Å². The molecule has 90 heavy (non-hydrogen) atoms. The average molecular weight is 1350 g/mol. The molecule has 2 saturated heterocycles. The van der Waals surface area contributed by atoms with E-state index in [-0.39, 0.29) is 51.4 Å². The minimum Gasteiger partial charge on any atom is -0.481 e. The molecule has 4 amide bonds. The Kier molecular flexibility index (Phi) is 31.4. The summed E-state index contributed by atoms with van der Waals surface area (Å²) in [5, 5.41) is 26.6. The number of aliphatic carboxylic acids is 1. The summed E-state index contributed by atoms with van der Waals surface area (Å²) in [6.07, 6.45) is -11.8. The molecule has 8 atom stereocenters. The van der Waals surface area contributed by atoms with E-state index in [2.05, 4.69) is 27.2 Å². The number of hydrogen-bond acceptors (Lipinski definition) is 21. The quantitative estimate of drug-likeness (QED) is 0.0242. The number of carboxylic acid groups (broad SMARTS) is 1. The number of hydrogen-bond donors (Lipinski definition) is 6. The molecular formula is C53H72F10N8O17S2. The Bertz CT molecular complexity index is 2800. The third-order valence-electron chi connectivity index (χ3n) is 12.4. The van der Waals surface area contributed by atoms with Crippen LogP contribution in [-0.4, -0.2) is 186 Å². The number of ketones is 2. The molecule has 2 fully saturated rings. The molecule has 1 aromatic heterocycles. The Balaban J connectivity index is 0.000000502. The number of thioether (sulfide) groups is 2. The Morgan fingerprint density at radius 1 is 0.744 bits per heavy atom. The van der Waals surface area contributed by atoms with Crippen LogP contribution in [0.4, 0.5) is 54.5 Å². The second kappa shape index (κ2) is 35.7. The first-order valence-corrected chi connectivity index (χ1v) is 29.7. The first-order valence-electron chi connectivity index (χ1n) is 27.4. The van der Waals surface area contributed by atoms with Gasteiger partial charge in [-0.1, -0.05) is 65.9 Å². The molecule has 37 heteroatoms. The van der Waals surface area contributed by atoms with Gasteiger partial charge in [-0.15, -0.1) is 23.5 Å². The lowest BCUT2D eigenvalue weighted by Gasteiger charge is -2.32. The number of Topliss-reactive ketones (excluding diaryl/α,β-unsaturated/α-hetero) is 2. The number of aromatic nitrogens is 2. The highest BCUT2D eigenvalue weighted by Crippen LogP contribution is 2.45. The molecule has 4 rings (SSSR count). The highest BCUT2D eigenvalue weighted by molar-refractivity contribution is 8.00. The Morgan fingerprint density at radius 3 is 1.73 bits per heavy atom. The van der Waals surface area contributed by atoms with Gasteiger partial charge in [0.25, 0.3) is 5.92 Å². The van der Waals surface area contributed by atoms with E-state index in [9.17, 15) is 97.0 Å². The van der Waals surface area contributed by atoms with Crippen molar-refractivity contribution in [2.24, 2.45) is 10.9 Å². The van der Waals surface area contributed by atoms with Crippen molar-refractivity contribution in [3.05, 3.63) is 47.4 Å². The molecule has 2 unspecified atom stereocenters. The van der Waals surface area contributed by atoms with E-state index in [0.717, 1.165) is 60.5 Å². The van der Waals surface area contributed by atoms with Crippen molar-refractivity contribution >= 4 is 88.5 Å². The zero-order chi connectivity index (χ0) is 68.7. The fourth-order valence-corrected chi connectivity index (χ4v) is 8.85. The maximum Gasteiger partial charge on any atom is 0.471 e. The fourth-order valence-electron chi connectivity index (χ4n) is 7.71. The number of carbonyl (C=O) groups is 9. The smallest absolute Gasteiger partial charge is 0.471 e. The summed E-state index contributed by atoms with van der Waals surface area (Å²) < 4.78 is 158. The van der Waals surface area contributed by atoms with Gasteiger partial charge < -0.3 is 54.7 Å². The third kappa shape index (κ3) is 26.5. The number of halogens is 10. The fraction of sp³-hybridized carbons (Fsp3) is 0.660. The summed E-state index contributed by atoms with van der Waals surface area (Å²) in [7, 11) is 0. The van der Waals surface area contributed by atoms with Gasteiger partial charge in [0, 0.05) is 12.4 Å². The number of amidine groups is 1. The highest BCUT2D eigenvalue weighted by Gasteiger charge is 2.61. The van der Waals surface area contributed by atoms with Crippen LogP contribution in [0.1, 0.15) is 113 Å². The number of nitrogens with zero attached hydrogens (tertiary/aromatic N) is 4. The van der Waals surface area contributed by atoms with Gasteiger partial charge in [0.2, 0.25) is 12.1 Å². The summed E-state index contributed by atoms with van der Waals surface area (Å²) in [4.78, 5) is 123. The predicted octanol–water partition coefficient (Wildman–Crippen LogP) is 6.34. The number of aliphatic imine (C=N–C) groups is 1. The van der Waals surface area contributed by atoms with Crippen LogP contribution >= 0.6 is 23.5 Å². The molecule has 4 heterocycles. The van der Waals surface area contributed by atoms with Crippen molar-refractivity contribution in [1.82, 2.24) is 30.4 Å². The lowest BCUT2D eigenvalue weighted by atomic mass is 9.99. The number of carbonyl (C=O) groups excluding carboxylic acids is 8. The average Bonchev–Trinajstić information content (AvgIpc) is 1.62. The number of aliphatic hydroxyl groups excluding tert-OH is 1. The summed E-state index contributed by atoms with van der Waals surface area (Å²) in [5.41, 5.74) is -2.25. The van der Waals surface area contributed by atoms with Gasteiger partial charge in [0.05, 0.1) is 41.0 Å². The molecule has 0 radical (unpaired) electrons. The van der Waals surface area contributed by atoms with Gasteiger partial charge in [0.15, 0.2) is 23.9 Å². The summed E-state index contributed by atoms with van der Waals surface area (Å²) in [6, 6.07) is -1.03. The minimum atomic E-state index is -5.29. The standard InChI is InChI=1S/C23H29F5N4O8S.C20H27F2N3O7S.C10H16F3NO2/c1-3-4-5-6-13(12(2)33)29-16(34)10-41-11-17(35)39-9-14-18(36)22(24,25)20(40-14)32-8-7-15(31-21(32)38)30-19(37)23(26,27)28;1-11-13(8-30-16(28)10-33-9-15(26)27)31-17(20(11,21)22)25-7-6-14(23-12(25)2)24-18(29)32-19(3,4)5;1-3-4-5-6-8(7(2)15)14-9(16)10(11,12)13/h7-8,13-14,18,20,36H,3-6,9-11H2,1-2H3,(H,29,34)(H,30,31,37,38);6-7,11,13,17H,2,8-10H2,1,3-5H3,(H,26,27)(H,23,24,29);8H,3-6H2,1-2H3,(H,14,16)/t13?,14-,18+,20-;11-,13+,17+;/m10./s1. The monoisotopic (exact) mass is 1350 g/mol. The molecule has 508 valence electrons. The van der Waals surface area contributed by atoms with Gasteiger partial charge in [0.1, 0.15) is 48.5 Å². The SMILES string of the molecule is C=C1N=C(NC(=O)OC(C)(C)C)C=CN1[C@@H]1O[C@H](COC(=O)CSCC(=O)O)[C@H](C)C1(F)F.CCCCCC(NC(=O)C(F)(F)F)C(C)=O.CCCCCC(NC(=O)CSCC(=O)OC[C@H]1O[C@@H](n2ccc(NC(=O)C(F)(F)F)nc2=O)C(F)(F)[C@H]1O)C(C)=O. The van der Waals surface area contributed by atoms with Gasteiger partial charge in [-0.05, 0) is 59.6 Å². The molecule has 0 spiro atoms. The van der Waals surface area contributed by atoms with Crippen LogP contribution in [0.5, 0.6) is 0 Å². The van der Waals surface area contributed by atoms with Crippen LogP contribution in [0.15, 0.2) is 46.7 Å². The molecule has 0 bridgehead atoms. The number of amides is 4. The number of carboxylic acids is 1. The van der Waals surface area contributed by atoms with Crippen molar-refractivity contribution in [2.45, 2.75) is 179 Å². The van der Waals surface area contributed by atoms with Crippen LogP contribution in [0.25, 0.3) is 0 Å². The summed E-state index contributed by atoms with van der Waals surface area (Å²) >= 11 is 1.68. The van der Waals surface area contributed by atoms with Crippen LogP contribution in [0, 0.1) is 5.92 Å². The van der Waals surface area contributed by atoms with E-state index in [1.807, 2.05) is 13.8 Å². The number of alkyl halides is 10. The van der Waals surface area contributed by atoms with Crippen molar-refractivity contribution in [1.29, 1.82) is 0 Å². The number of aliphatic hydroxyl groups is 1. The molecule has 3 aliphatic heterocycles. The molecule has 1 aromatic rings. The van der Waals surface area contributed by atoms with E-state index in [4.69, 9.17) is 28.8 Å². The molecule has 0 aromatic carbocycles. The number of anilines is 1. The van der Waals surface area contributed by atoms with E-state index in [0.29, 0.717) is 25.1 Å². The van der Waals surface area contributed by atoms with Gasteiger partial charge in [-0.2, -0.15) is 40.1 Å². The first-order chi connectivity index (χ1) is 41.6. The second-order valence-corrected chi connectivity index (χ2v) is 22.9. The molecule has 6 N–H and O–H groups in total. The number of unbranched alkanes of at least 4 members (excludes halogenated alkanes) is 4. The summed E-state index contributed by atoms with van der Waals surface area (Å²) in [5.74, 6) is -19.1. The van der Waals surface area contributed by atoms with E-state index in [1.165, 1.54) is 38.4 Å². The zero-order valence-corrected chi connectivity index (χ0v) is 51.6. The van der Waals surface area contributed by atoms with Crippen molar-refractivity contribution in [3.63, 3.8) is 0 Å². The number of rotatable bonds is 27. The lowest BCUT2D eigenvalue weighted by molar-refractivity contribution is -0.174. The second-order valence-electron chi connectivity index (χ2n) is 21.0. The van der Waals surface area contributed by atoms with E-state index >= 15 is 0 Å². The number of nitrogens with one attached hydrogen (secondary N) is 4. The third-order valence-corrected chi connectivity index (χ3v) is 14.2. The number of alkyl carbamates (subject to hydrolysis) is 1. The minimum absolute atomic E-state index is 0.0594. The van der Waals surface area contributed by atoms with Gasteiger partial charge in [-0.25, -0.2) is 23.4 Å². The molecular weight excluding hydrogens is 1270 g/mol. The first kappa shape index (κ1) is 79.2. The largest absolute Gasteiger partial charge is 0.481 e. The topological polar surface area (TPSA) is 339 Å². The molecule has 0 aliphatic carbocycles. The van der Waals surface area contributed by atoms with Gasteiger partial charge >= 0.3 is 59.8 Å². The van der Waals surface area contributed by atoms with E-state index < -0.39 is 151 Å². The van der Waals surface area contributed by atoms with Crippen LogP contribution in [0.3, 0.4) is 0 Å². The summed E-state index contributed by atoms with van der Waals surface area (Å²) in [6.45, 7) is 15.2. The number of esters is 2. The van der Waals surface area contributed by atoms with E-state index in [1.54, 1.807) is 26.1 Å². The van der Waals surface area contributed by atoms with Crippen molar-refractivity contribution < 1.29 is 121 Å². The Morgan fingerprint density at radius 2 is 1.26 bits per heavy atom. The maximum absolute atomic E-state index is 14.9. The zero-order valence-electron chi connectivity index (χ0n) is 49.9. The molecule has 25 nitrogen and oxygen atoms in total. The van der Waals surface area contributed by atoms with Crippen LogP contribution < -0.4 is 27.0 Å². The van der Waals surface area contributed by atoms with Gasteiger partial charge in [-0.3, -0.25) is 48.2 Å². The molecule has 0 saturated carbocycles. The maximum atomic E-state index is 14.9.